The molecule has 0 unspecified atom stereocenters. The highest BCUT2D eigenvalue weighted by atomic mass is 19.1. The summed E-state index contributed by atoms with van der Waals surface area (Å²) in [5.74, 6) is -0.171. The van der Waals surface area contributed by atoms with Gasteiger partial charge in [-0.05, 0) is 25.1 Å². The van der Waals surface area contributed by atoms with Crippen molar-refractivity contribution in [1.82, 2.24) is 9.78 Å². The van der Waals surface area contributed by atoms with Crippen LogP contribution in [0.2, 0.25) is 0 Å². The first-order valence-corrected chi connectivity index (χ1v) is 5.64. The van der Waals surface area contributed by atoms with Gasteiger partial charge in [0.15, 0.2) is 0 Å². The number of anilines is 1. The Morgan fingerprint density at radius 2 is 2.18 bits per heavy atom. The molecule has 90 valence electrons. The van der Waals surface area contributed by atoms with Gasteiger partial charge in [-0.1, -0.05) is 6.07 Å². The Kier molecular flexibility index (Phi) is 3.42. The van der Waals surface area contributed by atoms with Crippen LogP contribution in [-0.4, -0.2) is 16.3 Å². The summed E-state index contributed by atoms with van der Waals surface area (Å²) in [6.07, 6.45) is 2.65. The number of rotatable bonds is 4. The molecule has 3 nitrogen and oxygen atoms in total. The highest BCUT2D eigenvalue weighted by Crippen LogP contribution is 2.17. The lowest BCUT2D eigenvalue weighted by Crippen LogP contribution is -2.09. The van der Waals surface area contributed by atoms with Crippen molar-refractivity contribution in [2.24, 2.45) is 7.05 Å². The van der Waals surface area contributed by atoms with Gasteiger partial charge in [0.05, 0.1) is 0 Å². The molecule has 0 spiro atoms. The summed E-state index contributed by atoms with van der Waals surface area (Å²) < 4.78 is 15.1. The van der Waals surface area contributed by atoms with E-state index in [1.54, 1.807) is 19.2 Å². The molecule has 0 saturated heterocycles. The van der Waals surface area contributed by atoms with Gasteiger partial charge in [0.1, 0.15) is 5.82 Å². The zero-order valence-corrected chi connectivity index (χ0v) is 10.1. The lowest BCUT2D eigenvalue weighted by Gasteiger charge is -2.09. The standard InChI is InChI=1S/C13H16FN3/c1-10-12(14)4-3-5-13(10)15-8-6-11-7-9-16-17(11)2/h3-5,7,9,15H,6,8H2,1-2H3. The summed E-state index contributed by atoms with van der Waals surface area (Å²) >= 11 is 0. The Morgan fingerprint density at radius 3 is 2.88 bits per heavy atom. The van der Waals surface area contributed by atoms with Gasteiger partial charge in [0.2, 0.25) is 0 Å². The van der Waals surface area contributed by atoms with Crippen molar-refractivity contribution in [3.63, 3.8) is 0 Å². The summed E-state index contributed by atoms with van der Waals surface area (Å²) in [7, 11) is 1.92. The lowest BCUT2D eigenvalue weighted by atomic mass is 10.2. The van der Waals surface area contributed by atoms with Crippen molar-refractivity contribution in [2.45, 2.75) is 13.3 Å². The second-order valence-corrected chi connectivity index (χ2v) is 4.04. The lowest BCUT2D eigenvalue weighted by molar-refractivity contribution is 0.619. The van der Waals surface area contributed by atoms with Crippen LogP contribution in [0.25, 0.3) is 0 Å². The molecule has 0 bridgehead atoms. The summed E-state index contributed by atoms with van der Waals surface area (Å²) in [5.41, 5.74) is 2.68. The zero-order valence-electron chi connectivity index (χ0n) is 10.1. The first-order chi connectivity index (χ1) is 8.18. The average Bonchev–Trinajstić information content (AvgIpc) is 2.71. The summed E-state index contributed by atoms with van der Waals surface area (Å²) in [5, 5.41) is 7.34. The average molecular weight is 233 g/mol. The number of nitrogens with zero attached hydrogens (tertiary/aromatic N) is 2. The molecule has 0 atom stereocenters. The van der Waals surface area contributed by atoms with Gasteiger partial charge in [0, 0.05) is 43.2 Å². The molecule has 17 heavy (non-hydrogen) atoms. The summed E-state index contributed by atoms with van der Waals surface area (Å²) in [4.78, 5) is 0. The van der Waals surface area contributed by atoms with E-state index in [4.69, 9.17) is 0 Å². The molecule has 0 fully saturated rings. The van der Waals surface area contributed by atoms with E-state index in [-0.39, 0.29) is 5.82 Å². The molecule has 2 aromatic rings. The largest absolute Gasteiger partial charge is 0.384 e. The smallest absolute Gasteiger partial charge is 0.128 e. The quantitative estimate of drug-likeness (QED) is 0.879. The van der Waals surface area contributed by atoms with Crippen LogP contribution in [0.15, 0.2) is 30.5 Å². The Labute approximate surface area is 100 Å². The third-order valence-electron chi connectivity index (χ3n) is 2.89. The van der Waals surface area contributed by atoms with Crippen molar-refractivity contribution in [3.8, 4) is 0 Å². The minimum Gasteiger partial charge on any atom is -0.384 e. The second kappa shape index (κ2) is 4.99. The first-order valence-electron chi connectivity index (χ1n) is 5.64. The third kappa shape index (κ3) is 2.64. The number of nitrogens with one attached hydrogen (secondary N) is 1. The van der Waals surface area contributed by atoms with Gasteiger partial charge in [0.25, 0.3) is 0 Å². The predicted molar refractivity (Wildman–Crippen MR) is 66.5 cm³/mol. The SMILES string of the molecule is Cc1c(F)cccc1NCCc1ccnn1C. The molecule has 0 aliphatic carbocycles. The molecule has 1 heterocycles. The minimum atomic E-state index is -0.171. The van der Waals surface area contributed by atoms with Crippen LogP contribution in [0.1, 0.15) is 11.3 Å². The summed E-state index contributed by atoms with van der Waals surface area (Å²) in [6.45, 7) is 2.55. The maximum atomic E-state index is 13.3. The van der Waals surface area contributed by atoms with Crippen molar-refractivity contribution in [1.29, 1.82) is 0 Å². The van der Waals surface area contributed by atoms with Gasteiger partial charge < -0.3 is 5.32 Å². The van der Waals surface area contributed by atoms with Gasteiger partial charge in [-0.15, -0.1) is 0 Å². The fourth-order valence-corrected chi connectivity index (χ4v) is 1.77. The number of aryl methyl sites for hydroxylation is 1. The second-order valence-electron chi connectivity index (χ2n) is 4.04. The number of aromatic nitrogens is 2. The first kappa shape index (κ1) is 11.6. The van der Waals surface area contributed by atoms with Crippen molar-refractivity contribution < 1.29 is 4.39 Å². The third-order valence-corrected chi connectivity index (χ3v) is 2.89. The van der Waals surface area contributed by atoms with Crippen LogP contribution in [-0.2, 0) is 13.5 Å². The number of halogens is 1. The van der Waals surface area contributed by atoms with Crippen molar-refractivity contribution in [2.75, 3.05) is 11.9 Å². The van der Waals surface area contributed by atoms with E-state index in [0.717, 1.165) is 24.3 Å². The molecule has 0 amide bonds. The van der Waals surface area contributed by atoms with E-state index >= 15 is 0 Å². The fraction of sp³-hybridized carbons (Fsp3) is 0.308. The molecule has 0 radical (unpaired) electrons. The molecular weight excluding hydrogens is 217 g/mol. The molecule has 0 aliphatic heterocycles. The predicted octanol–water partition coefficient (Wildman–Crippen LogP) is 2.52. The fourth-order valence-electron chi connectivity index (χ4n) is 1.77. The Morgan fingerprint density at radius 1 is 1.35 bits per heavy atom. The molecule has 1 N–H and O–H groups in total. The van der Waals surface area contributed by atoms with E-state index in [2.05, 4.69) is 10.4 Å². The highest BCUT2D eigenvalue weighted by molar-refractivity contribution is 5.50. The van der Waals surface area contributed by atoms with E-state index in [9.17, 15) is 4.39 Å². The van der Waals surface area contributed by atoms with Gasteiger partial charge in [-0.2, -0.15) is 5.10 Å². The van der Waals surface area contributed by atoms with Gasteiger partial charge in [-0.25, -0.2) is 4.39 Å². The van der Waals surface area contributed by atoms with Crippen LogP contribution in [0.5, 0.6) is 0 Å². The maximum absolute atomic E-state index is 13.3. The van der Waals surface area contributed by atoms with Crippen LogP contribution < -0.4 is 5.32 Å². The number of hydrogen-bond acceptors (Lipinski definition) is 2. The maximum Gasteiger partial charge on any atom is 0.128 e. The van der Waals surface area contributed by atoms with Gasteiger partial charge in [-0.3, -0.25) is 4.68 Å². The topological polar surface area (TPSA) is 29.9 Å². The highest BCUT2D eigenvalue weighted by Gasteiger charge is 2.03. The molecule has 0 aliphatic rings. The van der Waals surface area contributed by atoms with E-state index in [1.807, 2.05) is 23.9 Å². The molecule has 2 rings (SSSR count). The zero-order chi connectivity index (χ0) is 12.3. The van der Waals surface area contributed by atoms with E-state index in [0.29, 0.717) is 5.56 Å². The number of hydrogen-bond donors (Lipinski definition) is 1. The van der Waals surface area contributed by atoms with Crippen LogP contribution in [0.3, 0.4) is 0 Å². The van der Waals surface area contributed by atoms with Crippen LogP contribution >= 0.6 is 0 Å². The van der Waals surface area contributed by atoms with E-state index in [1.165, 1.54) is 6.07 Å². The van der Waals surface area contributed by atoms with Crippen LogP contribution in [0.4, 0.5) is 10.1 Å². The molecule has 4 heteroatoms. The van der Waals surface area contributed by atoms with Gasteiger partial charge >= 0.3 is 0 Å². The summed E-state index contributed by atoms with van der Waals surface area (Å²) in [6, 6.07) is 7.07. The van der Waals surface area contributed by atoms with Crippen LogP contribution in [0, 0.1) is 12.7 Å². The number of benzene rings is 1. The van der Waals surface area contributed by atoms with E-state index < -0.39 is 0 Å². The molecule has 1 aromatic carbocycles. The van der Waals surface area contributed by atoms with Crippen molar-refractivity contribution in [3.05, 3.63) is 47.5 Å². The Bertz CT molecular complexity index is 505. The Hall–Kier alpha value is -1.84. The molecular formula is C13H16FN3. The molecule has 0 saturated carbocycles. The minimum absolute atomic E-state index is 0.171. The molecule has 1 aromatic heterocycles. The Balaban J connectivity index is 1.95. The van der Waals surface area contributed by atoms with Crippen molar-refractivity contribution >= 4 is 5.69 Å². The monoisotopic (exact) mass is 233 g/mol. The normalized spacial score (nSPS) is 10.5.